The molecule has 0 radical (unpaired) electrons. The number of benzene rings is 1. The normalized spacial score (nSPS) is 11.2. The maximum atomic E-state index is 12.5. The van der Waals surface area contributed by atoms with Crippen molar-refractivity contribution >= 4 is 12.0 Å². The first-order valence-electron chi connectivity index (χ1n) is 17.2. The van der Waals surface area contributed by atoms with Gasteiger partial charge in [-0.05, 0) is 38.2 Å². The Morgan fingerprint density at radius 1 is 0.524 bits per heavy atom. The lowest BCUT2D eigenvalue weighted by molar-refractivity contribution is -0.137. The molecule has 0 unspecified atom stereocenters. The van der Waals surface area contributed by atoms with E-state index in [1.807, 2.05) is 13.0 Å². The molecule has 0 saturated heterocycles. The first kappa shape index (κ1) is 37.7. The molecule has 42 heavy (non-hydrogen) atoms. The van der Waals surface area contributed by atoms with Crippen molar-refractivity contribution in [3.63, 3.8) is 0 Å². The Kier molecular flexibility index (Phi) is 23.6. The lowest BCUT2D eigenvalue weighted by atomic mass is 10.1. The van der Waals surface area contributed by atoms with E-state index >= 15 is 0 Å². The van der Waals surface area contributed by atoms with Crippen molar-refractivity contribution in [2.45, 2.75) is 144 Å². The van der Waals surface area contributed by atoms with Crippen LogP contribution >= 0.6 is 0 Å². The molecule has 0 aliphatic rings. The van der Waals surface area contributed by atoms with Crippen LogP contribution in [0, 0.1) is 0 Å². The second-order valence-electron chi connectivity index (χ2n) is 11.1. The van der Waals surface area contributed by atoms with Gasteiger partial charge in [0.1, 0.15) is 0 Å². The molecule has 0 spiro atoms. The van der Waals surface area contributed by atoms with E-state index in [1.54, 1.807) is 6.08 Å². The van der Waals surface area contributed by atoms with Gasteiger partial charge in [-0.2, -0.15) is 0 Å². The van der Waals surface area contributed by atoms with Gasteiger partial charge in [-0.3, -0.25) is 0 Å². The molecule has 0 aliphatic heterocycles. The average molecular weight is 591 g/mol. The topological polar surface area (TPSA) is 63.2 Å². The van der Waals surface area contributed by atoms with Gasteiger partial charge in [0.15, 0.2) is 23.0 Å². The number of rotatable bonds is 28. The van der Waals surface area contributed by atoms with Crippen LogP contribution in [-0.4, -0.2) is 39.0 Å². The van der Waals surface area contributed by atoms with E-state index < -0.39 is 0 Å². The molecule has 0 atom stereocenters. The summed E-state index contributed by atoms with van der Waals surface area (Å²) >= 11 is 0. The van der Waals surface area contributed by atoms with E-state index in [4.69, 9.17) is 23.7 Å². The Hall–Kier alpha value is -2.37. The van der Waals surface area contributed by atoms with Gasteiger partial charge in [-0.1, -0.05) is 112 Å². The highest BCUT2D eigenvalue weighted by atomic mass is 16.5. The molecule has 0 aliphatic carbocycles. The fourth-order valence-corrected chi connectivity index (χ4v) is 4.51. The molecule has 0 fully saturated rings. The van der Waals surface area contributed by atoms with Crippen molar-refractivity contribution in [2.75, 3.05) is 33.0 Å². The zero-order chi connectivity index (χ0) is 30.7. The first-order chi connectivity index (χ1) is 20.6. The summed E-state index contributed by atoms with van der Waals surface area (Å²) in [5.41, 5.74) is 0.684. The van der Waals surface area contributed by atoms with Gasteiger partial charge < -0.3 is 23.7 Å². The summed E-state index contributed by atoms with van der Waals surface area (Å²) in [6.45, 7) is 13.5. The molecule has 0 heterocycles. The van der Waals surface area contributed by atoms with Crippen LogP contribution in [0.15, 0.2) is 12.1 Å². The van der Waals surface area contributed by atoms with Crippen molar-refractivity contribution in [2.24, 2.45) is 0 Å². The minimum atomic E-state index is -0.382. The summed E-state index contributed by atoms with van der Waals surface area (Å²) in [5.74, 6) is 2.13. The van der Waals surface area contributed by atoms with E-state index in [1.165, 1.54) is 57.4 Å². The molecule has 1 aromatic rings. The maximum absolute atomic E-state index is 12.5. The predicted molar refractivity (Wildman–Crippen MR) is 175 cm³/mol. The van der Waals surface area contributed by atoms with Gasteiger partial charge in [0.05, 0.1) is 38.6 Å². The van der Waals surface area contributed by atoms with E-state index in [0.29, 0.717) is 61.6 Å². The lowest BCUT2D eigenvalue weighted by Gasteiger charge is -2.22. The van der Waals surface area contributed by atoms with Crippen LogP contribution in [0.3, 0.4) is 0 Å². The third kappa shape index (κ3) is 16.9. The summed E-state index contributed by atoms with van der Waals surface area (Å²) in [5, 5.41) is 0. The number of esters is 1. The Morgan fingerprint density at radius 3 is 1.31 bits per heavy atom. The molecule has 1 aromatic carbocycles. The van der Waals surface area contributed by atoms with Gasteiger partial charge >= 0.3 is 5.97 Å². The van der Waals surface area contributed by atoms with Gasteiger partial charge in [0, 0.05) is 12.1 Å². The van der Waals surface area contributed by atoms with E-state index in [0.717, 1.165) is 57.8 Å². The largest absolute Gasteiger partial charge is 0.490 e. The van der Waals surface area contributed by atoms with Gasteiger partial charge in [0.25, 0.3) is 0 Å². The number of hydrogen-bond acceptors (Lipinski definition) is 6. The van der Waals surface area contributed by atoms with Crippen molar-refractivity contribution in [3.05, 3.63) is 17.7 Å². The van der Waals surface area contributed by atoms with Crippen molar-refractivity contribution in [1.29, 1.82) is 0 Å². The number of ether oxygens (including phenoxy) is 5. The van der Waals surface area contributed by atoms with Crippen LogP contribution in [0.25, 0.3) is 6.08 Å². The molecular weight excluding hydrogens is 528 g/mol. The summed E-state index contributed by atoms with van der Waals surface area (Å²) in [6, 6.07) is 1.94. The van der Waals surface area contributed by atoms with Crippen molar-refractivity contribution in [3.8, 4) is 23.0 Å². The van der Waals surface area contributed by atoms with Gasteiger partial charge in [-0.25, -0.2) is 4.79 Å². The number of hydrogen-bond donors (Lipinski definition) is 0. The van der Waals surface area contributed by atoms with Gasteiger partial charge in [-0.15, -0.1) is 0 Å². The standard InChI is InChI=1S/C36H62O6/c1-6-11-15-19-26-38-32-30-33(39-27-20-16-12-7-2)36(42-29-22-18-14-9-4)31(23-24-34(37)40-25-10-5)35(32)41-28-21-17-13-8-3/h23-24,30H,6-22,25-29H2,1-5H3. The number of carbonyl (C=O) groups excluding carboxylic acids is 1. The fraction of sp³-hybridized carbons (Fsp3) is 0.750. The Labute approximate surface area is 257 Å². The minimum Gasteiger partial charge on any atom is -0.490 e. The van der Waals surface area contributed by atoms with Gasteiger partial charge in [0.2, 0.25) is 0 Å². The predicted octanol–water partition coefficient (Wildman–Crippen LogP) is 10.5. The third-order valence-electron chi connectivity index (χ3n) is 7.03. The molecule has 0 amide bonds. The SMILES string of the molecule is CCCCCCOc1cc(OCCCCCC)c(OCCCCCC)c(C=CC(=O)OCCC)c1OCCCCCC. The number of unbranched alkanes of at least 4 members (excludes halogenated alkanes) is 12. The quantitative estimate of drug-likeness (QED) is 0.0549. The Morgan fingerprint density at radius 2 is 0.929 bits per heavy atom. The number of carbonyl (C=O) groups is 1. The summed E-state index contributed by atoms with van der Waals surface area (Å²) in [4.78, 5) is 12.5. The lowest BCUT2D eigenvalue weighted by Crippen LogP contribution is -2.09. The van der Waals surface area contributed by atoms with Crippen LogP contribution in [0.2, 0.25) is 0 Å². The monoisotopic (exact) mass is 590 g/mol. The molecular formula is C36H62O6. The molecule has 6 heteroatoms. The summed E-state index contributed by atoms with van der Waals surface area (Å²) < 4.78 is 30.9. The van der Waals surface area contributed by atoms with E-state index in [9.17, 15) is 4.79 Å². The van der Waals surface area contributed by atoms with Crippen LogP contribution < -0.4 is 18.9 Å². The van der Waals surface area contributed by atoms with E-state index in [2.05, 4.69) is 27.7 Å². The highest BCUT2D eigenvalue weighted by molar-refractivity contribution is 5.89. The summed E-state index contributed by atoms with van der Waals surface area (Å²) in [7, 11) is 0. The van der Waals surface area contributed by atoms with Crippen LogP contribution in [0.5, 0.6) is 23.0 Å². The second kappa shape index (κ2) is 26.3. The minimum absolute atomic E-state index is 0.382. The molecule has 0 N–H and O–H groups in total. The molecule has 242 valence electrons. The van der Waals surface area contributed by atoms with Crippen LogP contribution in [0.4, 0.5) is 0 Å². The molecule has 6 nitrogen and oxygen atoms in total. The summed E-state index contributed by atoms with van der Waals surface area (Å²) in [6.07, 6.45) is 21.7. The first-order valence-corrected chi connectivity index (χ1v) is 17.2. The third-order valence-corrected chi connectivity index (χ3v) is 7.03. The van der Waals surface area contributed by atoms with Crippen LogP contribution in [0.1, 0.15) is 149 Å². The maximum Gasteiger partial charge on any atom is 0.330 e. The fourth-order valence-electron chi connectivity index (χ4n) is 4.51. The molecule has 0 bridgehead atoms. The Balaban J connectivity index is 3.48. The Bertz CT molecular complexity index is 784. The highest BCUT2D eigenvalue weighted by Gasteiger charge is 2.22. The van der Waals surface area contributed by atoms with Crippen LogP contribution in [-0.2, 0) is 9.53 Å². The van der Waals surface area contributed by atoms with Crippen molar-refractivity contribution < 1.29 is 28.5 Å². The molecule has 0 aromatic heterocycles. The molecule has 1 rings (SSSR count). The zero-order valence-corrected chi connectivity index (χ0v) is 27.7. The average Bonchev–Trinajstić information content (AvgIpc) is 2.99. The highest BCUT2D eigenvalue weighted by Crippen LogP contribution is 2.46. The molecule has 0 saturated carbocycles. The smallest absolute Gasteiger partial charge is 0.330 e. The van der Waals surface area contributed by atoms with Crippen molar-refractivity contribution in [1.82, 2.24) is 0 Å². The second-order valence-corrected chi connectivity index (χ2v) is 11.1. The zero-order valence-electron chi connectivity index (χ0n) is 27.7. The van der Waals surface area contributed by atoms with E-state index in [-0.39, 0.29) is 5.97 Å².